The summed E-state index contributed by atoms with van der Waals surface area (Å²) in [5, 5.41) is 5.57. The van der Waals surface area contributed by atoms with Crippen LogP contribution in [0.1, 0.15) is 25.5 Å². The van der Waals surface area contributed by atoms with Crippen LogP contribution in [-0.4, -0.2) is 19.8 Å². The number of thiophene rings is 1. The molecule has 0 saturated heterocycles. The minimum Gasteiger partial charge on any atom is -0.380 e. The number of likely N-dealkylation sites (N-methyl/N-ethyl adjacent to an activating group) is 1. The van der Waals surface area contributed by atoms with Gasteiger partial charge in [-0.3, -0.25) is 0 Å². The van der Waals surface area contributed by atoms with E-state index in [1.165, 1.54) is 9.35 Å². The van der Waals surface area contributed by atoms with E-state index in [2.05, 4.69) is 39.6 Å². The first-order chi connectivity index (χ1) is 6.77. The fourth-order valence-corrected chi connectivity index (χ4v) is 2.49. The molecule has 0 aliphatic rings. The van der Waals surface area contributed by atoms with E-state index in [1.807, 2.05) is 6.92 Å². The van der Waals surface area contributed by atoms with Gasteiger partial charge in [0.15, 0.2) is 0 Å². The van der Waals surface area contributed by atoms with Gasteiger partial charge in [-0.15, -0.1) is 11.3 Å². The lowest BCUT2D eigenvalue weighted by Gasteiger charge is -2.16. The lowest BCUT2D eigenvalue weighted by molar-refractivity contribution is 0.123. The molecule has 14 heavy (non-hydrogen) atoms. The third kappa shape index (κ3) is 3.69. The van der Waals surface area contributed by atoms with Crippen LogP contribution < -0.4 is 5.32 Å². The lowest BCUT2D eigenvalue weighted by atomic mass is 10.1. The number of nitrogens with one attached hydrogen (secondary N) is 1. The monoisotopic (exact) mass is 277 g/mol. The summed E-state index contributed by atoms with van der Waals surface area (Å²) in [5.74, 6) is 0. The number of hydrogen-bond donors (Lipinski definition) is 1. The average molecular weight is 278 g/mol. The highest BCUT2D eigenvalue weighted by Crippen LogP contribution is 2.25. The first-order valence-corrected chi connectivity index (χ1v) is 6.50. The summed E-state index contributed by atoms with van der Waals surface area (Å²) in [7, 11) is 0. The van der Waals surface area contributed by atoms with Crippen molar-refractivity contribution in [3.05, 3.63) is 20.8 Å². The highest BCUT2D eigenvalue weighted by atomic mass is 79.9. The molecule has 1 N–H and O–H groups in total. The molecule has 0 saturated carbocycles. The first-order valence-electron chi connectivity index (χ1n) is 4.83. The van der Waals surface area contributed by atoms with Crippen molar-refractivity contribution in [1.29, 1.82) is 0 Å². The summed E-state index contributed by atoms with van der Waals surface area (Å²) >= 11 is 5.18. The Balaban J connectivity index is 2.57. The predicted octanol–water partition coefficient (Wildman–Crippen LogP) is 3.20. The van der Waals surface area contributed by atoms with Gasteiger partial charge in [-0.1, -0.05) is 6.92 Å². The van der Waals surface area contributed by atoms with Gasteiger partial charge in [0.05, 0.1) is 16.4 Å². The van der Waals surface area contributed by atoms with Crippen molar-refractivity contribution in [2.24, 2.45) is 0 Å². The highest BCUT2D eigenvalue weighted by molar-refractivity contribution is 9.11. The van der Waals surface area contributed by atoms with Crippen molar-refractivity contribution < 1.29 is 4.74 Å². The molecule has 1 rings (SSSR count). The van der Waals surface area contributed by atoms with E-state index < -0.39 is 0 Å². The molecule has 0 radical (unpaired) electrons. The average Bonchev–Trinajstić information content (AvgIpc) is 2.59. The largest absolute Gasteiger partial charge is 0.380 e. The van der Waals surface area contributed by atoms with Crippen LogP contribution in [0.25, 0.3) is 0 Å². The Bertz CT molecular complexity index is 264. The van der Waals surface area contributed by atoms with Gasteiger partial charge in [0, 0.05) is 6.61 Å². The number of halogens is 1. The molecule has 0 aliphatic heterocycles. The van der Waals surface area contributed by atoms with Crippen LogP contribution >= 0.6 is 27.3 Å². The van der Waals surface area contributed by atoms with Crippen LogP contribution in [0.15, 0.2) is 15.2 Å². The highest BCUT2D eigenvalue weighted by Gasteiger charge is 2.11. The van der Waals surface area contributed by atoms with E-state index in [-0.39, 0.29) is 0 Å². The summed E-state index contributed by atoms with van der Waals surface area (Å²) in [4.78, 5) is 0. The van der Waals surface area contributed by atoms with E-state index in [0.717, 1.165) is 19.8 Å². The van der Waals surface area contributed by atoms with Gasteiger partial charge in [-0.25, -0.2) is 0 Å². The quantitative estimate of drug-likeness (QED) is 0.862. The summed E-state index contributed by atoms with van der Waals surface area (Å²) in [6.07, 6.45) is 0. The molecule has 1 heterocycles. The third-order valence-corrected chi connectivity index (χ3v) is 3.45. The maximum Gasteiger partial charge on any atom is 0.0701 e. The molecular formula is C10H16BrNOS. The van der Waals surface area contributed by atoms with Gasteiger partial charge in [0.1, 0.15) is 0 Å². The van der Waals surface area contributed by atoms with E-state index in [9.17, 15) is 0 Å². The Morgan fingerprint density at radius 3 is 2.86 bits per heavy atom. The van der Waals surface area contributed by atoms with Crippen molar-refractivity contribution in [1.82, 2.24) is 5.32 Å². The van der Waals surface area contributed by atoms with Crippen LogP contribution in [0.2, 0.25) is 0 Å². The molecule has 0 bridgehead atoms. The summed E-state index contributed by atoms with van der Waals surface area (Å²) < 4.78 is 6.61. The molecule has 4 heteroatoms. The van der Waals surface area contributed by atoms with Crippen LogP contribution in [-0.2, 0) is 4.74 Å². The predicted molar refractivity (Wildman–Crippen MR) is 64.9 cm³/mol. The van der Waals surface area contributed by atoms with Crippen LogP contribution in [0.4, 0.5) is 0 Å². The first kappa shape index (κ1) is 12.2. The van der Waals surface area contributed by atoms with Crippen molar-refractivity contribution in [3.8, 4) is 0 Å². The van der Waals surface area contributed by atoms with E-state index in [0.29, 0.717) is 6.04 Å². The Kier molecular flexibility index (Phi) is 5.70. The molecule has 0 aromatic carbocycles. The minimum absolute atomic E-state index is 0.322. The summed E-state index contributed by atoms with van der Waals surface area (Å²) in [6.45, 7) is 6.61. The molecule has 0 fully saturated rings. The molecule has 1 atom stereocenters. The third-order valence-electron chi connectivity index (χ3n) is 1.93. The van der Waals surface area contributed by atoms with Crippen molar-refractivity contribution in [2.75, 3.05) is 19.8 Å². The second kappa shape index (κ2) is 6.56. The van der Waals surface area contributed by atoms with Gasteiger partial charge >= 0.3 is 0 Å². The van der Waals surface area contributed by atoms with E-state index in [1.54, 1.807) is 11.3 Å². The zero-order valence-corrected chi connectivity index (χ0v) is 11.0. The standard InChI is InChI=1S/C10H16BrNOS/c1-3-12-9(6-13-4-2)8-5-10(11)14-7-8/h5,7,9,12H,3-4,6H2,1-2H3. The maximum atomic E-state index is 5.44. The summed E-state index contributed by atoms with van der Waals surface area (Å²) in [5.41, 5.74) is 1.30. The zero-order chi connectivity index (χ0) is 10.4. The molecule has 1 aromatic rings. The molecule has 2 nitrogen and oxygen atoms in total. The Morgan fingerprint density at radius 1 is 1.57 bits per heavy atom. The fraction of sp³-hybridized carbons (Fsp3) is 0.600. The maximum absolute atomic E-state index is 5.44. The summed E-state index contributed by atoms with van der Waals surface area (Å²) in [6, 6.07) is 2.47. The Hall–Kier alpha value is 0.100. The second-order valence-electron chi connectivity index (χ2n) is 2.95. The van der Waals surface area contributed by atoms with Gasteiger partial charge in [0.25, 0.3) is 0 Å². The normalized spacial score (nSPS) is 13.1. The molecule has 80 valence electrons. The smallest absolute Gasteiger partial charge is 0.0701 e. The fourth-order valence-electron chi connectivity index (χ4n) is 1.26. The topological polar surface area (TPSA) is 21.3 Å². The number of ether oxygens (including phenoxy) is 1. The van der Waals surface area contributed by atoms with Crippen molar-refractivity contribution >= 4 is 27.3 Å². The van der Waals surface area contributed by atoms with Gasteiger partial charge < -0.3 is 10.1 Å². The van der Waals surface area contributed by atoms with Crippen LogP contribution in [0, 0.1) is 0 Å². The molecule has 0 spiro atoms. The molecule has 0 amide bonds. The lowest BCUT2D eigenvalue weighted by Crippen LogP contribution is -2.24. The minimum atomic E-state index is 0.322. The van der Waals surface area contributed by atoms with Gasteiger partial charge in [-0.05, 0) is 46.4 Å². The SMILES string of the molecule is CCNC(COCC)c1csc(Br)c1. The number of hydrogen-bond acceptors (Lipinski definition) is 3. The number of rotatable bonds is 6. The Morgan fingerprint density at radius 2 is 2.36 bits per heavy atom. The molecule has 0 aliphatic carbocycles. The van der Waals surface area contributed by atoms with Crippen LogP contribution in [0.3, 0.4) is 0 Å². The van der Waals surface area contributed by atoms with Gasteiger partial charge in [-0.2, -0.15) is 0 Å². The Labute approximate surface area is 97.8 Å². The van der Waals surface area contributed by atoms with E-state index >= 15 is 0 Å². The van der Waals surface area contributed by atoms with Crippen molar-refractivity contribution in [2.45, 2.75) is 19.9 Å². The van der Waals surface area contributed by atoms with Crippen molar-refractivity contribution in [3.63, 3.8) is 0 Å². The van der Waals surface area contributed by atoms with E-state index in [4.69, 9.17) is 4.74 Å². The second-order valence-corrected chi connectivity index (χ2v) is 5.24. The van der Waals surface area contributed by atoms with Gasteiger partial charge in [0.2, 0.25) is 0 Å². The van der Waals surface area contributed by atoms with Crippen LogP contribution in [0.5, 0.6) is 0 Å². The zero-order valence-electron chi connectivity index (χ0n) is 8.55. The molecular weight excluding hydrogens is 262 g/mol. The molecule has 1 unspecified atom stereocenters. The molecule has 1 aromatic heterocycles.